The van der Waals surface area contributed by atoms with Crippen LogP contribution in [0.1, 0.15) is 22.3 Å². The Kier molecular flexibility index (Phi) is 5.79. The molecule has 2 saturated heterocycles. The Morgan fingerprint density at radius 3 is 2.88 bits per heavy atom. The number of Topliss-reactive ketones (excluding diaryl/α,β-unsaturated/α-hetero) is 1. The molecule has 0 bridgehead atoms. The number of ketones is 1. The van der Waals surface area contributed by atoms with Crippen molar-refractivity contribution in [3.05, 3.63) is 63.6 Å². The summed E-state index contributed by atoms with van der Waals surface area (Å²) in [4.78, 5) is 44.8. The second kappa shape index (κ2) is 8.73. The van der Waals surface area contributed by atoms with Gasteiger partial charge in [-0.25, -0.2) is 4.98 Å². The van der Waals surface area contributed by atoms with Crippen molar-refractivity contribution in [2.24, 2.45) is 0 Å². The third-order valence-electron chi connectivity index (χ3n) is 5.94. The summed E-state index contributed by atoms with van der Waals surface area (Å²) in [5.74, 6) is -0.689. The summed E-state index contributed by atoms with van der Waals surface area (Å²) in [6.45, 7) is 0.480. The third-order valence-corrected chi connectivity index (χ3v) is 7.28. The quantitative estimate of drug-likeness (QED) is 0.566. The number of nitrogens with zero attached hydrogens (tertiary/aromatic N) is 2. The number of halogens is 1. The van der Waals surface area contributed by atoms with E-state index in [4.69, 9.17) is 4.74 Å². The van der Waals surface area contributed by atoms with Crippen LogP contribution in [0.15, 0.2) is 52.4 Å². The van der Waals surface area contributed by atoms with E-state index in [0.717, 1.165) is 20.3 Å². The molecule has 3 aromatic rings. The maximum atomic E-state index is 13.5. The van der Waals surface area contributed by atoms with Crippen molar-refractivity contribution in [3.8, 4) is 0 Å². The smallest absolute Gasteiger partial charge is 0.252 e. The number of rotatable bonds is 5. The van der Waals surface area contributed by atoms with Gasteiger partial charge in [-0.1, -0.05) is 28.1 Å². The third kappa shape index (κ3) is 4.07. The van der Waals surface area contributed by atoms with Crippen LogP contribution in [0.3, 0.4) is 0 Å². The molecule has 0 saturated carbocycles. The van der Waals surface area contributed by atoms with E-state index in [9.17, 15) is 14.4 Å². The second-order valence-corrected chi connectivity index (χ2v) is 9.77. The maximum Gasteiger partial charge on any atom is 0.252 e. The highest BCUT2D eigenvalue weighted by Crippen LogP contribution is 2.28. The maximum absolute atomic E-state index is 13.5. The summed E-state index contributed by atoms with van der Waals surface area (Å²) < 4.78 is 7.45. The summed E-state index contributed by atoms with van der Waals surface area (Å²) in [7, 11) is 0. The first-order chi connectivity index (χ1) is 15.5. The minimum Gasteiger partial charge on any atom is -0.368 e. The number of nitrogens with one attached hydrogen (secondary N) is 1. The van der Waals surface area contributed by atoms with Gasteiger partial charge in [0, 0.05) is 23.0 Å². The zero-order chi connectivity index (χ0) is 22.2. The lowest BCUT2D eigenvalue weighted by molar-refractivity contribution is -0.138. The molecule has 2 aromatic carbocycles. The number of ether oxygens (including phenoxy) is 1. The van der Waals surface area contributed by atoms with E-state index >= 15 is 0 Å². The zero-order valence-corrected chi connectivity index (χ0v) is 19.4. The molecule has 2 aliphatic heterocycles. The van der Waals surface area contributed by atoms with Crippen molar-refractivity contribution in [2.75, 3.05) is 13.2 Å². The van der Waals surface area contributed by atoms with Crippen LogP contribution < -0.4 is 5.32 Å². The van der Waals surface area contributed by atoms with Gasteiger partial charge in [-0.3, -0.25) is 14.4 Å². The normalized spacial score (nSPS) is 21.0. The number of amides is 2. The Labute approximate surface area is 196 Å². The number of carbonyl (C=O) groups is 3. The number of likely N-dealkylation sites (tertiary alicyclic amines) is 1. The van der Waals surface area contributed by atoms with Crippen LogP contribution in [0.4, 0.5) is 0 Å². The first-order valence-electron chi connectivity index (χ1n) is 10.3. The van der Waals surface area contributed by atoms with E-state index in [-0.39, 0.29) is 30.3 Å². The van der Waals surface area contributed by atoms with Gasteiger partial charge in [0.05, 0.1) is 21.8 Å². The van der Waals surface area contributed by atoms with E-state index < -0.39 is 12.1 Å². The first kappa shape index (κ1) is 21.2. The van der Waals surface area contributed by atoms with Gasteiger partial charge >= 0.3 is 0 Å². The Morgan fingerprint density at radius 2 is 2.06 bits per heavy atom. The van der Waals surface area contributed by atoms with Crippen molar-refractivity contribution in [2.45, 2.75) is 31.0 Å². The van der Waals surface area contributed by atoms with Crippen molar-refractivity contribution in [1.29, 1.82) is 0 Å². The molecule has 1 aromatic heterocycles. The summed E-state index contributed by atoms with van der Waals surface area (Å²) >= 11 is 4.92. The van der Waals surface area contributed by atoms with Gasteiger partial charge in [-0.05, 0) is 42.3 Å². The molecule has 3 unspecified atom stereocenters. The fourth-order valence-corrected chi connectivity index (χ4v) is 5.26. The second-order valence-electron chi connectivity index (χ2n) is 7.97. The number of fused-ring (bicyclic) bond motifs is 2. The molecule has 164 valence electrons. The predicted molar refractivity (Wildman–Crippen MR) is 124 cm³/mol. The van der Waals surface area contributed by atoms with Crippen molar-refractivity contribution < 1.29 is 19.1 Å². The highest BCUT2D eigenvalue weighted by Gasteiger charge is 2.48. The van der Waals surface area contributed by atoms with Gasteiger partial charge in [-0.15, -0.1) is 11.3 Å². The molecule has 3 atom stereocenters. The Bertz CT molecular complexity index is 1200. The Hall–Kier alpha value is -2.62. The van der Waals surface area contributed by atoms with E-state index in [1.54, 1.807) is 22.5 Å². The SMILES string of the molecule is O=C(NC(Cc1ccc(Br)cc1)C(=O)N1CCC2OCC(=O)C21)c1ccc2scnc2c1. The fourth-order valence-electron chi connectivity index (χ4n) is 4.34. The number of hydrogen-bond acceptors (Lipinski definition) is 6. The largest absolute Gasteiger partial charge is 0.368 e. The minimum absolute atomic E-state index is 0.0382. The van der Waals surface area contributed by atoms with Crippen LogP contribution in [-0.4, -0.2) is 58.8 Å². The van der Waals surface area contributed by atoms with Gasteiger partial charge in [0.15, 0.2) is 5.78 Å². The first-order valence-corrected chi connectivity index (χ1v) is 12.0. The number of benzene rings is 2. The highest BCUT2D eigenvalue weighted by atomic mass is 79.9. The highest BCUT2D eigenvalue weighted by molar-refractivity contribution is 9.10. The molecule has 32 heavy (non-hydrogen) atoms. The summed E-state index contributed by atoms with van der Waals surface area (Å²) in [6, 6.07) is 11.6. The number of carbonyl (C=O) groups excluding carboxylic acids is 3. The van der Waals surface area contributed by atoms with Crippen LogP contribution in [0.5, 0.6) is 0 Å². The lowest BCUT2D eigenvalue weighted by Crippen LogP contribution is -2.53. The molecule has 7 nitrogen and oxygen atoms in total. The summed E-state index contributed by atoms with van der Waals surface area (Å²) in [6.07, 6.45) is 0.698. The van der Waals surface area contributed by atoms with Crippen LogP contribution >= 0.6 is 27.3 Å². The minimum atomic E-state index is -0.804. The molecule has 2 aliphatic rings. The molecule has 0 spiro atoms. The lowest BCUT2D eigenvalue weighted by atomic mass is 10.0. The van der Waals surface area contributed by atoms with E-state index in [1.165, 1.54) is 11.3 Å². The van der Waals surface area contributed by atoms with E-state index in [2.05, 4.69) is 26.2 Å². The van der Waals surface area contributed by atoms with E-state index in [0.29, 0.717) is 24.9 Å². The molecule has 1 N–H and O–H groups in total. The van der Waals surface area contributed by atoms with Crippen molar-refractivity contribution >= 4 is 55.1 Å². The molecular weight excluding hydrogens is 494 g/mol. The molecule has 0 radical (unpaired) electrons. The molecule has 5 rings (SSSR count). The Balaban J connectivity index is 1.40. The van der Waals surface area contributed by atoms with E-state index in [1.807, 2.05) is 30.3 Å². The number of aromatic nitrogens is 1. The number of hydrogen-bond donors (Lipinski definition) is 1. The number of thiazole rings is 1. The van der Waals surface area contributed by atoms with Gasteiger partial charge in [-0.2, -0.15) is 0 Å². The molecular formula is C23H20BrN3O4S. The fraction of sp³-hybridized carbons (Fsp3) is 0.304. The van der Waals surface area contributed by atoms with Gasteiger partial charge in [0.2, 0.25) is 5.91 Å². The standard InChI is InChI=1S/C23H20BrN3O4S/c24-15-4-1-13(2-5-15)9-17(23(30)27-8-7-19-21(27)18(28)11-31-19)26-22(29)14-3-6-20-16(10-14)25-12-32-20/h1-6,10,12,17,19,21H,7-9,11H2,(H,26,29). The molecule has 3 heterocycles. The van der Waals surface area contributed by atoms with Crippen LogP contribution in [0.2, 0.25) is 0 Å². The van der Waals surface area contributed by atoms with Crippen LogP contribution in [0, 0.1) is 0 Å². The lowest BCUT2D eigenvalue weighted by Gasteiger charge is -2.27. The summed E-state index contributed by atoms with van der Waals surface area (Å²) in [5, 5.41) is 2.91. The monoisotopic (exact) mass is 513 g/mol. The van der Waals surface area contributed by atoms with Gasteiger partial charge in [0.1, 0.15) is 18.7 Å². The molecule has 9 heteroatoms. The average molecular weight is 514 g/mol. The van der Waals surface area contributed by atoms with Gasteiger partial charge in [0.25, 0.3) is 5.91 Å². The van der Waals surface area contributed by atoms with Crippen LogP contribution in [0.25, 0.3) is 10.2 Å². The molecule has 0 aliphatic carbocycles. The van der Waals surface area contributed by atoms with Crippen molar-refractivity contribution in [3.63, 3.8) is 0 Å². The topological polar surface area (TPSA) is 88.6 Å². The molecule has 2 fully saturated rings. The average Bonchev–Trinajstić information content (AvgIpc) is 3.51. The zero-order valence-electron chi connectivity index (χ0n) is 17.0. The van der Waals surface area contributed by atoms with Crippen LogP contribution in [-0.2, 0) is 20.7 Å². The predicted octanol–water partition coefficient (Wildman–Crippen LogP) is 2.97. The molecule has 2 amide bonds. The Morgan fingerprint density at radius 1 is 1.25 bits per heavy atom. The summed E-state index contributed by atoms with van der Waals surface area (Å²) in [5.41, 5.74) is 3.83. The van der Waals surface area contributed by atoms with Gasteiger partial charge < -0.3 is 15.0 Å². The van der Waals surface area contributed by atoms with Crippen molar-refractivity contribution in [1.82, 2.24) is 15.2 Å².